The molecule has 0 aliphatic carbocycles. The van der Waals surface area contributed by atoms with Crippen LogP contribution >= 0.6 is 0 Å². The predicted molar refractivity (Wildman–Crippen MR) is 79.5 cm³/mol. The fourth-order valence-corrected chi connectivity index (χ4v) is 1.85. The number of pyridine rings is 1. The number of nitrogens with zero attached hydrogens (tertiary/aromatic N) is 1. The highest BCUT2D eigenvalue weighted by Crippen LogP contribution is 2.22. The standard InChI is InChI=1S/C17H19NO/c1-17(2,3)15-10-7-14(8-11-15)9-12-16-6-4-5-13-18(16)19/h4-13H,1-3H3/b12-9+. The van der Waals surface area contributed by atoms with Gasteiger partial charge in [0.05, 0.1) is 0 Å². The van der Waals surface area contributed by atoms with Gasteiger partial charge in [-0.05, 0) is 28.7 Å². The van der Waals surface area contributed by atoms with Crippen molar-refractivity contribution in [2.45, 2.75) is 26.2 Å². The van der Waals surface area contributed by atoms with Crippen molar-refractivity contribution in [1.82, 2.24) is 0 Å². The third-order valence-corrected chi connectivity index (χ3v) is 3.08. The summed E-state index contributed by atoms with van der Waals surface area (Å²) in [6.07, 6.45) is 5.29. The van der Waals surface area contributed by atoms with Gasteiger partial charge in [0, 0.05) is 18.2 Å². The van der Waals surface area contributed by atoms with Gasteiger partial charge in [-0.2, -0.15) is 4.73 Å². The zero-order valence-electron chi connectivity index (χ0n) is 11.6. The lowest BCUT2D eigenvalue weighted by atomic mass is 9.87. The van der Waals surface area contributed by atoms with E-state index in [0.29, 0.717) is 5.69 Å². The molecular weight excluding hydrogens is 234 g/mol. The van der Waals surface area contributed by atoms with E-state index in [2.05, 4.69) is 45.0 Å². The number of hydrogen-bond donors (Lipinski definition) is 0. The molecule has 2 rings (SSSR count). The predicted octanol–water partition coefficient (Wildman–Crippen LogP) is 3.79. The van der Waals surface area contributed by atoms with Crippen LogP contribution in [0, 0.1) is 5.21 Å². The van der Waals surface area contributed by atoms with Crippen LogP contribution in [0.15, 0.2) is 48.7 Å². The summed E-state index contributed by atoms with van der Waals surface area (Å²) in [5, 5.41) is 11.5. The van der Waals surface area contributed by atoms with Gasteiger partial charge in [-0.3, -0.25) is 0 Å². The molecule has 0 bridgehead atoms. The van der Waals surface area contributed by atoms with Gasteiger partial charge in [0.15, 0.2) is 6.20 Å². The lowest BCUT2D eigenvalue weighted by Gasteiger charge is -2.18. The Morgan fingerprint density at radius 1 is 0.947 bits per heavy atom. The molecule has 98 valence electrons. The lowest BCUT2D eigenvalue weighted by Crippen LogP contribution is -2.28. The second-order valence-electron chi connectivity index (χ2n) is 5.66. The van der Waals surface area contributed by atoms with Gasteiger partial charge >= 0.3 is 0 Å². The summed E-state index contributed by atoms with van der Waals surface area (Å²) in [4.78, 5) is 0. The maximum absolute atomic E-state index is 11.5. The minimum atomic E-state index is 0.166. The summed E-state index contributed by atoms with van der Waals surface area (Å²) < 4.78 is 0.861. The van der Waals surface area contributed by atoms with Crippen LogP contribution in [-0.2, 0) is 5.41 Å². The highest BCUT2D eigenvalue weighted by molar-refractivity contribution is 5.67. The highest BCUT2D eigenvalue weighted by Gasteiger charge is 2.12. The first-order valence-corrected chi connectivity index (χ1v) is 6.44. The molecule has 1 aromatic heterocycles. The Balaban J connectivity index is 2.19. The van der Waals surface area contributed by atoms with E-state index in [1.54, 1.807) is 12.1 Å². The van der Waals surface area contributed by atoms with Crippen LogP contribution in [0.5, 0.6) is 0 Å². The molecule has 0 radical (unpaired) electrons. The average Bonchev–Trinajstić information content (AvgIpc) is 2.37. The van der Waals surface area contributed by atoms with E-state index in [4.69, 9.17) is 0 Å². The molecule has 0 spiro atoms. The van der Waals surface area contributed by atoms with E-state index in [0.717, 1.165) is 10.3 Å². The number of rotatable bonds is 2. The molecule has 1 heterocycles. The van der Waals surface area contributed by atoms with Crippen molar-refractivity contribution in [2.24, 2.45) is 0 Å². The molecule has 0 saturated heterocycles. The van der Waals surface area contributed by atoms with Crippen molar-refractivity contribution in [1.29, 1.82) is 0 Å². The SMILES string of the molecule is CC(C)(C)c1ccc(/C=C/c2cccc[n+]2[O-])cc1. The van der Waals surface area contributed by atoms with Crippen LogP contribution in [-0.4, -0.2) is 0 Å². The van der Waals surface area contributed by atoms with E-state index in [9.17, 15) is 5.21 Å². The molecule has 2 heteroatoms. The van der Waals surface area contributed by atoms with Gasteiger partial charge in [0.25, 0.3) is 0 Å². The van der Waals surface area contributed by atoms with E-state index >= 15 is 0 Å². The van der Waals surface area contributed by atoms with Crippen molar-refractivity contribution in [3.8, 4) is 0 Å². The topological polar surface area (TPSA) is 26.9 Å². The second-order valence-corrected chi connectivity index (χ2v) is 5.66. The minimum absolute atomic E-state index is 0.166. The summed E-state index contributed by atoms with van der Waals surface area (Å²) in [5.41, 5.74) is 3.21. The summed E-state index contributed by atoms with van der Waals surface area (Å²) in [5.74, 6) is 0. The van der Waals surface area contributed by atoms with Gasteiger partial charge in [0.1, 0.15) is 0 Å². The molecule has 0 N–H and O–H groups in total. The molecule has 2 aromatic rings. The Labute approximate surface area is 114 Å². The first-order valence-electron chi connectivity index (χ1n) is 6.44. The van der Waals surface area contributed by atoms with Crippen molar-refractivity contribution < 1.29 is 4.73 Å². The number of aromatic nitrogens is 1. The fraction of sp³-hybridized carbons (Fsp3) is 0.235. The van der Waals surface area contributed by atoms with E-state index < -0.39 is 0 Å². The Bertz CT molecular complexity index is 577. The molecule has 0 aliphatic heterocycles. The van der Waals surface area contributed by atoms with E-state index in [-0.39, 0.29) is 5.41 Å². The van der Waals surface area contributed by atoms with Crippen molar-refractivity contribution in [3.63, 3.8) is 0 Å². The average molecular weight is 253 g/mol. The normalized spacial score (nSPS) is 11.9. The highest BCUT2D eigenvalue weighted by atomic mass is 16.5. The molecule has 0 saturated carbocycles. The van der Waals surface area contributed by atoms with Gasteiger partial charge in [-0.1, -0.05) is 45.0 Å². The quantitative estimate of drug-likeness (QED) is 0.591. The second kappa shape index (κ2) is 5.27. The van der Waals surface area contributed by atoms with Crippen molar-refractivity contribution >= 4 is 12.2 Å². The zero-order chi connectivity index (χ0) is 13.9. The monoisotopic (exact) mass is 253 g/mol. The summed E-state index contributed by atoms with van der Waals surface area (Å²) in [7, 11) is 0. The fourth-order valence-electron chi connectivity index (χ4n) is 1.85. The van der Waals surface area contributed by atoms with E-state index in [1.807, 2.05) is 18.2 Å². The van der Waals surface area contributed by atoms with Gasteiger partial charge in [-0.25, -0.2) is 0 Å². The number of hydrogen-bond acceptors (Lipinski definition) is 1. The minimum Gasteiger partial charge on any atom is -0.618 e. The van der Waals surface area contributed by atoms with E-state index in [1.165, 1.54) is 11.8 Å². The van der Waals surface area contributed by atoms with Crippen LogP contribution < -0.4 is 4.73 Å². The van der Waals surface area contributed by atoms with Crippen LogP contribution in [0.4, 0.5) is 0 Å². The van der Waals surface area contributed by atoms with Crippen molar-refractivity contribution in [3.05, 3.63) is 70.7 Å². The van der Waals surface area contributed by atoms with Crippen molar-refractivity contribution in [2.75, 3.05) is 0 Å². The largest absolute Gasteiger partial charge is 0.618 e. The maximum atomic E-state index is 11.5. The summed E-state index contributed by atoms with van der Waals surface area (Å²) in [6, 6.07) is 13.8. The van der Waals surface area contributed by atoms with Gasteiger partial charge < -0.3 is 5.21 Å². The van der Waals surface area contributed by atoms with Gasteiger partial charge in [-0.15, -0.1) is 0 Å². The molecule has 0 amide bonds. The van der Waals surface area contributed by atoms with Crippen LogP contribution in [0.25, 0.3) is 12.2 Å². The van der Waals surface area contributed by atoms with Crippen LogP contribution in [0.3, 0.4) is 0 Å². The Morgan fingerprint density at radius 2 is 1.63 bits per heavy atom. The van der Waals surface area contributed by atoms with Crippen LogP contribution in [0.2, 0.25) is 0 Å². The Morgan fingerprint density at radius 3 is 2.21 bits per heavy atom. The summed E-state index contributed by atoms with van der Waals surface area (Å²) in [6.45, 7) is 6.59. The third-order valence-electron chi connectivity index (χ3n) is 3.08. The Hall–Kier alpha value is -2.09. The van der Waals surface area contributed by atoms with Gasteiger partial charge in [0.2, 0.25) is 5.69 Å². The summed E-state index contributed by atoms with van der Waals surface area (Å²) >= 11 is 0. The molecule has 19 heavy (non-hydrogen) atoms. The lowest BCUT2D eigenvalue weighted by molar-refractivity contribution is -0.607. The molecule has 0 fully saturated rings. The first kappa shape index (κ1) is 13.3. The number of benzene rings is 1. The molecule has 2 nitrogen and oxygen atoms in total. The first-order chi connectivity index (χ1) is 8.97. The zero-order valence-corrected chi connectivity index (χ0v) is 11.6. The smallest absolute Gasteiger partial charge is 0.216 e. The Kier molecular flexibility index (Phi) is 3.70. The molecule has 0 unspecified atom stereocenters. The molecule has 0 aliphatic rings. The van der Waals surface area contributed by atoms with Crippen LogP contribution in [0.1, 0.15) is 37.6 Å². The molecule has 0 atom stereocenters. The maximum Gasteiger partial charge on any atom is 0.216 e. The molecule has 1 aromatic carbocycles. The third kappa shape index (κ3) is 3.44. The molecular formula is C17H19NO.